The minimum Gasteiger partial charge on any atom is -0.435 e. The quantitative estimate of drug-likeness (QED) is 0.339. The molecule has 0 aliphatic heterocycles. The van der Waals surface area contributed by atoms with Crippen molar-refractivity contribution < 1.29 is 31.8 Å². The zero-order valence-corrected chi connectivity index (χ0v) is 14.8. The minimum atomic E-state index is -3.20. The van der Waals surface area contributed by atoms with Gasteiger partial charge in [0.1, 0.15) is 17.8 Å². The number of hydrogen-bond acceptors (Lipinski definition) is 7. The zero-order chi connectivity index (χ0) is 21.5. The fourth-order valence-corrected chi connectivity index (χ4v) is 2.27. The van der Waals surface area contributed by atoms with E-state index >= 15 is 0 Å². The second kappa shape index (κ2) is 9.45. The Balaban J connectivity index is 1.68. The highest BCUT2D eigenvalue weighted by atomic mass is 19.3. The first-order chi connectivity index (χ1) is 14.4. The van der Waals surface area contributed by atoms with Gasteiger partial charge in [-0.2, -0.15) is 22.7 Å². The molecular weight excluding hydrogens is 412 g/mol. The van der Waals surface area contributed by atoms with Gasteiger partial charge in [-0.05, 0) is 46.8 Å². The van der Waals surface area contributed by atoms with Gasteiger partial charge in [-0.15, -0.1) is 5.10 Å². The van der Waals surface area contributed by atoms with Gasteiger partial charge in [-0.3, -0.25) is 4.79 Å². The summed E-state index contributed by atoms with van der Waals surface area (Å²) in [6.07, 6.45) is 2.41. The molecule has 0 bridgehead atoms. The maximum Gasteiger partial charge on any atom is 0.387 e. The molecule has 0 atom stereocenters. The van der Waals surface area contributed by atoms with E-state index in [0.717, 1.165) is 18.3 Å². The fraction of sp³-hybridized carbons (Fsp3) is 0.118. The van der Waals surface area contributed by atoms with Crippen molar-refractivity contribution in [1.29, 1.82) is 0 Å². The van der Waals surface area contributed by atoms with Gasteiger partial charge in [-0.1, -0.05) is 0 Å². The highest BCUT2D eigenvalue weighted by Crippen LogP contribution is 2.26. The predicted octanol–water partition coefficient (Wildman–Crippen LogP) is 2.63. The van der Waals surface area contributed by atoms with Crippen LogP contribution in [0.4, 0.5) is 17.6 Å². The van der Waals surface area contributed by atoms with E-state index < -0.39 is 24.9 Å². The van der Waals surface area contributed by atoms with Crippen LogP contribution in [0.3, 0.4) is 0 Å². The van der Waals surface area contributed by atoms with Crippen molar-refractivity contribution in [2.45, 2.75) is 13.2 Å². The zero-order valence-electron chi connectivity index (χ0n) is 14.8. The van der Waals surface area contributed by atoms with Crippen LogP contribution in [0.5, 0.6) is 11.5 Å². The molecule has 0 aliphatic rings. The summed E-state index contributed by atoms with van der Waals surface area (Å²) in [5, 5.41) is 14.4. The number of carbonyl (C=O) groups is 1. The molecule has 3 aromatic rings. The van der Waals surface area contributed by atoms with Crippen molar-refractivity contribution in [1.82, 2.24) is 25.6 Å². The number of ether oxygens (including phenoxy) is 2. The first-order valence-corrected chi connectivity index (χ1v) is 8.13. The van der Waals surface area contributed by atoms with Gasteiger partial charge < -0.3 is 9.47 Å². The van der Waals surface area contributed by atoms with Gasteiger partial charge in [-0.25, -0.2) is 10.1 Å². The number of alkyl halides is 4. The van der Waals surface area contributed by atoms with E-state index in [0.29, 0.717) is 5.69 Å². The molecule has 3 rings (SSSR count). The average molecular weight is 424 g/mol. The van der Waals surface area contributed by atoms with Crippen LogP contribution in [-0.2, 0) is 0 Å². The second-order valence-corrected chi connectivity index (χ2v) is 5.46. The van der Waals surface area contributed by atoms with E-state index in [1.807, 2.05) is 0 Å². The smallest absolute Gasteiger partial charge is 0.387 e. The van der Waals surface area contributed by atoms with Crippen LogP contribution in [0.2, 0.25) is 0 Å². The largest absolute Gasteiger partial charge is 0.435 e. The molecule has 0 aliphatic carbocycles. The third-order valence-electron chi connectivity index (χ3n) is 3.54. The molecule has 0 saturated carbocycles. The van der Waals surface area contributed by atoms with Crippen LogP contribution in [0.15, 0.2) is 53.9 Å². The molecule has 156 valence electrons. The number of nitrogens with one attached hydrogen (secondary N) is 1. The lowest BCUT2D eigenvalue weighted by molar-refractivity contribution is -0.0543. The Hall–Kier alpha value is -4.03. The highest BCUT2D eigenvalue weighted by molar-refractivity contribution is 5.95. The Labute approximate surface area is 165 Å². The average Bonchev–Trinajstić information content (AvgIpc) is 3.23. The molecular formula is C17H12F4N6O3. The number of hydrogen-bond donors (Lipinski definition) is 1. The van der Waals surface area contributed by atoms with Crippen LogP contribution in [0, 0.1) is 0 Å². The summed E-state index contributed by atoms with van der Waals surface area (Å²) in [6, 6.07) is 9.36. The molecule has 1 N–H and O–H groups in total. The van der Waals surface area contributed by atoms with Crippen molar-refractivity contribution in [2.24, 2.45) is 5.10 Å². The topological polar surface area (TPSA) is 104 Å². The van der Waals surface area contributed by atoms with E-state index in [-0.39, 0.29) is 16.9 Å². The maximum atomic E-state index is 12.6. The summed E-state index contributed by atoms with van der Waals surface area (Å²) in [5.41, 5.74) is 3.11. The van der Waals surface area contributed by atoms with Gasteiger partial charge >= 0.3 is 13.2 Å². The number of halogens is 4. The normalized spacial score (nSPS) is 11.3. The minimum absolute atomic E-state index is 0.00578. The van der Waals surface area contributed by atoms with Crippen molar-refractivity contribution >= 4 is 12.1 Å². The number of carbonyl (C=O) groups excluding carboxylic acids is 1. The van der Waals surface area contributed by atoms with E-state index in [1.165, 1.54) is 29.2 Å². The van der Waals surface area contributed by atoms with Gasteiger partial charge in [0.25, 0.3) is 5.91 Å². The molecule has 2 aromatic carbocycles. The Kier molecular flexibility index (Phi) is 6.52. The van der Waals surface area contributed by atoms with Gasteiger partial charge in [0.15, 0.2) is 0 Å². The molecule has 1 aromatic heterocycles. The number of aromatic nitrogens is 4. The number of tetrazole rings is 1. The van der Waals surface area contributed by atoms with Gasteiger partial charge in [0.2, 0.25) is 0 Å². The van der Waals surface area contributed by atoms with Crippen molar-refractivity contribution in [3.05, 3.63) is 59.9 Å². The van der Waals surface area contributed by atoms with E-state index in [1.54, 1.807) is 12.1 Å². The summed E-state index contributed by atoms with van der Waals surface area (Å²) < 4.78 is 59.5. The lowest BCUT2D eigenvalue weighted by Gasteiger charge is -2.10. The standard InChI is InChI=1S/C17H12F4N6O3/c18-16(19)29-13-6-3-11(14(7-13)30-17(20)21)8-22-24-15(28)10-1-4-12(5-2-10)27-9-23-25-26-27/h1-9,16-17H,(H,24,28). The first kappa shape index (κ1) is 20.7. The summed E-state index contributed by atoms with van der Waals surface area (Å²) in [7, 11) is 0. The molecule has 0 radical (unpaired) electrons. The molecule has 13 heteroatoms. The third kappa shape index (κ3) is 5.50. The van der Waals surface area contributed by atoms with Gasteiger partial charge in [0.05, 0.1) is 11.9 Å². The van der Waals surface area contributed by atoms with Crippen molar-refractivity contribution in [3.63, 3.8) is 0 Å². The Morgan fingerprint density at radius 3 is 2.43 bits per heavy atom. The van der Waals surface area contributed by atoms with Crippen molar-refractivity contribution in [3.8, 4) is 17.2 Å². The summed E-state index contributed by atoms with van der Waals surface area (Å²) in [6.45, 7) is -6.33. The molecule has 30 heavy (non-hydrogen) atoms. The molecule has 0 unspecified atom stereocenters. The molecule has 9 nitrogen and oxygen atoms in total. The Morgan fingerprint density at radius 2 is 1.80 bits per heavy atom. The molecule has 1 amide bonds. The molecule has 0 saturated heterocycles. The van der Waals surface area contributed by atoms with Crippen LogP contribution in [0.1, 0.15) is 15.9 Å². The summed E-state index contributed by atoms with van der Waals surface area (Å²) in [5.74, 6) is -1.40. The second-order valence-electron chi connectivity index (χ2n) is 5.46. The maximum absolute atomic E-state index is 12.6. The highest BCUT2D eigenvalue weighted by Gasteiger charge is 2.13. The summed E-state index contributed by atoms with van der Waals surface area (Å²) >= 11 is 0. The number of benzene rings is 2. The van der Waals surface area contributed by atoms with E-state index in [2.05, 4.69) is 35.5 Å². The molecule has 1 heterocycles. The molecule has 0 fully saturated rings. The van der Waals surface area contributed by atoms with E-state index in [4.69, 9.17) is 0 Å². The summed E-state index contributed by atoms with van der Waals surface area (Å²) in [4.78, 5) is 12.1. The van der Waals surface area contributed by atoms with Crippen molar-refractivity contribution in [2.75, 3.05) is 0 Å². The number of rotatable bonds is 8. The number of hydrazone groups is 1. The molecule has 0 spiro atoms. The number of nitrogens with zero attached hydrogens (tertiary/aromatic N) is 5. The van der Waals surface area contributed by atoms with E-state index in [9.17, 15) is 22.4 Å². The third-order valence-corrected chi connectivity index (χ3v) is 3.54. The van der Waals surface area contributed by atoms with Gasteiger partial charge in [0, 0.05) is 17.2 Å². The number of amides is 1. The monoisotopic (exact) mass is 424 g/mol. The lowest BCUT2D eigenvalue weighted by atomic mass is 10.2. The lowest BCUT2D eigenvalue weighted by Crippen LogP contribution is -2.17. The SMILES string of the molecule is O=C(NN=Cc1ccc(OC(F)F)cc1OC(F)F)c1ccc(-n2cnnn2)cc1. The Bertz CT molecular complexity index is 1010. The van der Waals surface area contributed by atoms with Crippen LogP contribution in [0.25, 0.3) is 5.69 Å². The Morgan fingerprint density at radius 1 is 1.07 bits per heavy atom. The van der Waals surface area contributed by atoms with Crippen LogP contribution in [-0.4, -0.2) is 45.6 Å². The first-order valence-electron chi connectivity index (χ1n) is 8.13. The fourth-order valence-electron chi connectivity index (χ4n) is 2.27. The predicted molar refractivity (Wildman–Crippen MR) is 93.9 cm³/mol. The van der Waals surface area contributed by atoms with Crippen LogP contribution < -0.4 is 14.9 Å². The van der Waals surface area contributed by atoms with Crippen LogP contribution >= 0.6 is 0 Å².